The van der Waals surface area contributed by atoms with E-state index in [9.17, 15) is 4.79 Å². The van der Waals surface area contributed by atoms with Crippen LogP contribution in [-0.4, -0.2) is 15.8 Å². The van der Waals surface area contributed by atoms with Crippen LogP contribution in [0.5, 0.6) is 0 Å². The van der Waals surface area contributed by atoms with Crippen LogP contribution in [0.1, 0.15) is 0 Å². The van der Waals surface area contributed by atoms with Crippen molar-refractivity contribution in [3.8, 4) is 0 Å². The van der Waals surface area contributed by atoms with Crippen molar-refractivity contribution in [3.05, 3.63) is 30.5 Å². The second-order valence-corrected chi connectivity index (χ2v) is 2.38. The number of aromatic nitrogens is 2. The maximum atomic E-state index is 10.8. The number of amides is 1. The van der Waals surface area contributed by atoms with Gasteiger partial charge in [-0.25, -0.2) is 4.79 Å². The summed E-state index contributed by atoms with van der Waals surface area (Å²) in [6.07, 6.45) is 1.59. The lowest BCUT2D eigenvalue weighted by Gasteiger charge is -1.94. The third kappa shape index (κ3) is 1.55. The minimum atomic E-state index is -0.579. The fourth-order valence-electron chi connectivity index (χ4n) is 1.08. The van der Waals surface area contributed by atoms with Gasteiger partial charge in [-0.15, -0.1) is 17.0 Å². The van der Waals surface area contributed by atoms with Gasteiger partial charge in [0.25, 0.3) is 0 Å². The number of rotatable bonds is 0. The van der Waals surface area contributed by atoms with Gasteiger partial charge in [-0.2, -0.15) is 9.78 Å². The van der Waals surface area contributed by atoms with Crippen LogP contribution in [0.2, 0.25) is 0 Å². The number of carbonyl (C=O) groups excluding carboxylic acids is 1. The highest BCUT2D eigenvalue weighted by Gasteiger charge is 2.04. The molecule has 0 saturated carbocycles. The molecule has 1 aromatic heterocycles. The minimum Gasteiger partial charge on any atom is -0.350 e. The van der Waals surface area contributed by atoms with E-state index in [1.54, 1.807) is 18.3 Å². The predicted octanol–water partition coefficient (Wildman–Crippen LogP) is 1.34. The fourth-order valence-corrected chi connectivity index (χ4v) is 1.08. The summed E-state index contributed by atoms with van der Waals surface area (Å²) >= 11 is 0. The Bertz CT molecular complexity index is 438. The molecule has 0 atom stereocenters. The Morgan fingerprint density at radius 2 is 2.38 bits per heavy atom. The highest BCUT2D eigenvalue weighted by Crippen LogP contribution is 2.10. The third-order valence-electron chi connectivity index (χ3n) is 1.62. The Morgan fingerprint density at radius 3 is 3.08 bits per heavy atom. The zero-order valence-electron chi connectivity index (χ0n) is 6.60. The number of fused-ring (bicyclic) bond motifs is 1. The number of primary amides is 1. The number of halogens is 1. The first-order chi connectivity index (χ1) is 5.79. The van der Waals surface area contributed by atoms with Crippen molar-refractivity contribution >= 4 is 33.9 Å². The topological polar surface area (TPSA) is 60.9 Å². The average Bonchev–Trinajstić information content (AvgIpc) is 2.47. The van der Waals surface area contributed by atoms with E-state index < -0.39 is 6.03 Å². The first kappa shape index (κ1) is 9.73. The van der Waals surface area contributed by atoms with Gasteiger partial charge in [0.05, 0.1) is 11.7 Å². The van der Waals surface area contributed by atoms with Crippen molar-refractivity contribution in [3.63, 3.8) is 0 Å². The molecule has 67 valence electrons. The number of nitrogens with two attached hydrogens (primary N) is 1. The molecule has 2 rings (SSSR count). The molecule has 4 nitrogen and oxygen atoms in total. The third-order valence-corrected chi connectivity index (χ3v) is 1.62. The van der Waals surface area contributed by atoms with Gasteiger partial charge in [0, 0.05) is 5.39 Å². The molecular weight excluding hydrogens is 234 g/mol. The van der Waals surface area contributed by atoms with Crippen LogP contribution in [0.15, 0.2) is 24.4 Å². The Hall–Kier alpha value is -1.36. The molecule has 2 N–H and O–H groups in total. The van der Waals surface area contributed by atoms with E-state index in [4.69, 9.17) is 5.73 Å². The van der Waals surface area contributed by atoms with E-state index in [0.29, 0.717) is 5.52 Å². The maximum absolute atomic E-state index is 10.8. The molecule has 2 aromatic rings. The van der Waals surface area contributed by atoms with Gasteiger partial charge in [-0.3, -0.25) is 0 Å². The Morgan fingerprint density at radius 1 is 1.62 bits per heavy atom. The molecular formula is C8H7BrN3O. The van der Waals surface area contributed by atoms with Crippen LogP contribution < -0.4 is 5.73 Å². The second-order valence-electron chi connectivity index (χ2n) is 2.38. The van der Waals surface area contributed by atoms with Crippen LogP contribution in [-0.2, 0) is 0 Å². The Labute approximate surface area is 85.1 Å². The molecule has 0 fully saturated rings. The standard InChI is InChI=1S/C8H6N3O.BrH/c9-8(12)11-7-4-2-1-3-6(7)5-10-11;/h1,3-5H,(H2,9,12);1H. The Kier molecular flexibility index (Phi) is 2.67. The number of nitrogens with zero attached hydrogens (tertiary/aromatic N) is 2. The molecule has 0 aliphatic carbocycles. The summed E-state index contributed by atoms with van der Waals surface area (Å²) in [4.78, 5) is 10.8. The molecule has 1 radical (unpaired) electrons. The van der Waals surface area contributed by atoms with Crippen molar-refractivity contribution in [2.75, 3.05) is 0 Å². The van der Waals surface area contributed by atoms with E-state index in [1.807, 2.05) is 6.07 Å². The van der Waals surface area contributed by atoms with E-state index in [1.165, 1.54) is 0 Å². The molecule has 0 spiro atoms. The summed E-state index contributed by atoms with van der Waals surface area (Å²) in [5.41, 5.74) is 5.76. The van der Waals surface area contributed by atoms with Gasteiger partial charge in [0.15, 0.2) is 0 Å². The molecule has 0 aliphatic heterocycles. The van der Waals surface area contributed by atoms with Crippen molar-refractivity contribution in [1.82, 2.24) is 9.78 Å². The van der Waals surface area contributed by atoms with Crippen molar-refractivity contribution < 1.29 is 4.79 Å². The number of benzene rings is 1. The molecule has 0 bridgehead atoms. The van der Waals surface area contributed by atoms with Crippen LogP contribution in [0.4, 0.5) is 4.79 Å². The molecule has 5 heteroatoms. The fraction of sp³-hybridized carbons (Fsp3) is 0. The summed E-state index contributed by atoms with van der Waals surface area (Å²) in [5, 5.41) is 4.70. The molecule has 1 heterocycles. The molecule has 0 unspecified atom stereocenters. The molecule has 0 aliphatic rings. The summed E-state index contributed by atoms with van der Waals surface area (Å²) in [6, 6.07) is 7.52. The second kappa shape index (κ2) is 3.57. The zero-order valence-corrected chi connectivity index (χ0v) is 8.31. The van der Waals surface area contributed by atoms with Crippen molar-refractivity contribution in [2.45, 2.75) is 0 Å². The minimum absolute atomic E-state index is 0. The van der Waals surface area contributed by atoms with Gasteiger partial charge in [0.1, 0.15) is 0 Å². The molecule has 1 amide bonds. The molecule has 0 saturated heterocycles. The van der Waals surface area contributed by atoms with Crippen LogP contribution in [0.25, 0.3) is 10.9 Å². The Balaban J connectivity index is 0.000000845. The largest absolute Gasteiger partial charge is 0.350 e. The highest BCUT2D eigenvalue weighted by atomic mass is 79.9. The first-order valence-corrected chi connectivity index (χ1v) is 3.42. The molecule has 13 heavy (non-hydrogen) atoms. The summed E-state index contributed by atoms with van der Waals surface area (Å²) in [6.45, 7) is 0. The van der Waals surface area contributed by atoms with E-state index in [-0.39, 0.29) is 17.0 Å². The van der Waals surface area contributed by atoms with Crippen LogP contribution in [0, 0.1) is 6.07 Å². The number of hydrogen-bond donors (Lipinski definition) is 1. The lowest BCUT2D eigenvalue weighted by molar-refractivity contribution is 0.248. The first-order valence-electron chi connectivity index (χ1n) is 3.42. The SMILES string of the molecule is Br.NC(=O)n1ncc2cc[c]cc21. The predicted molar refractivity (Wildman–Crippen MR) is 53.9 cm³/mol. The van der Waals surface area contributed by atoms with Crippen molar-refractivity contribution in [2.24, 2.45) is 5.73 Å². The van der Waals surface area contributed by atoms with E-state index in [2.05, 4.69) is 11.2 Å². The van der Waals surface area contributed by atoms with E-state index >= 15 is 0 Å². The summed E-state index contributed by atoms with van der Waals surface area (Å²) in [5.74, 6) is 0. The van der Waals surface area contributed by atoms with Gasteiger partial charge < -0.3 is 5.73 Å². The van der Waals surface area contributed by atoms with Crippen LogP contribution in [0.3, 0.4) is 0 Å². The van der Waals surface area contributed by atoms with Crippen molar-refractivity contribution in [1.29, 1.82) is 0 Å². The maximum Gasteiger partial charge on any atom is 0.340 e. The van der Waals surface area contributed by atoms with Gasteiger partial charge >= 0.3 is 6.03 Å². The van der Waals surface area contributed by atoms with Gasteiger partial charge in [-0.1, -0.05) is 12.1 Å². The van der Waals surface area contributed by atoms with E-state index in [0.717, 1.165) is 10.1 Å². The zero-order chi connectivity index (χ0) is 8.55. The molecule has 1 aromatic carbocycles. The average molecular weight is 241 g/mol. The van der Waals surface area contributed by atoms with Gasteiger partial charge in [0.2, 0.25) is 0 Å². The summed E-state index contributed by atoms with van der Waals surface area (Å²) in [7, 11) is 0. The quantitative estimate of drug-likeness (QED) is 0.756. The lowest BCUT2D eigenvalue weighted by Crippen LogP contribution is -2.20. The lowest BCUT2D eigenvalue weighted by atomic mass is 10.3. The van der Waals surface area contributed by atoms with Gasteiger partial charge in [-0.05, 0) is 12.1 Å². The monoisotopic (exact) mass is 240 g/mol. The normalized spacial score (nSPS) is 9.54. The smallest absolute Gasteiger partial charge is 0.340 e. The van der Waals surface area contributed by atoms with Crippen LogP contribution >= 0.6 is 17.0 Å². The summed E-state index contributed by atoms with van der Waals surface area (Å²) < 4.78 is 1.14. The number of hydrogen-bond acceptors (Lipinski definition) is 2. The highest BCUT2D eigenvalue weighted by molar-refractivity contribution is 8.93. The number of carbonyl (C=O) groups is 1.